The molecular weight excluding hydrogens is 334 g/mol. The van der Waals surface area contributed by atoms with Crippen LogP contribution in [0.1, 0.15) is 59.8 Å². The summed E-state index contributed by atoms with van der Waals surface area (Å²) in [7, 11) is 0. The lowest BCUT2D eigenvalue weighted by molar-refractivity contribution is -0.132. The van der Waals surface area contributed by atoms with Crippen molar-refractivity contribution < 1.29 is 14.3 Å². The average Bonchev–Trinajstić information content (AvgIpc) is 2.80. The van der Waals surface area contributed by atoms with E-state index in [0.29, 0.717) is 29.0 Å². The topological polar surface area (TPSA) is 55.4 Å². The highest BCUT2D eigenvalue weighted by atomic mass is 32.1. The quantitative estimate of drug-likeness (QED) is 0.800. The summed E-state index contributed by atoms with van der Waals surface area (Å²) in [6.45, 7) is 6.06. The molecule has 0 radical (unpaired) electrons. The first-order valence-corrected chi connectivity index (χ1v) is 10.4. The van der Waals surface area contributed by atoms with Crippen LogP contribution in [0.4, 0.5) is 5.00 Å². The molecule has 0 spiro atoms. The minimum Gasteiger partial charge on any atom is -0.462 e. The van der Waals surface area contributed by atoms with Gasteiger partial charge < -0.3 is 10.1 Å². The highest BCUT2D eigenvalue weighted by molar-refractivity contribution is 7.16. The summed E-state index contributed by atoms with van der Waals surface area (Å²) in [6, 6.07) is 0. The number of ether oxygens (including phenoxy) is 1. The van der Waals surface area contributed by atoms with Crippen LogP contribution in [0.5, 0.6) is 0 Å². The molecule has 0 unspecified atom stereocenters. The van der Waals surface area contributed by atoms with Gasteiger partial charge >= 0.3 is 5.97 Å². The predicted octanol–water partition coefficient (Wildman–Crippen LogP) is 4.55. The molecule has 4 fully saturated rings. The largest absolute Gasteiger partial charge is 0.462 e. The van der Waals surface area contributed by atoms with E-state index in [1.807, 2.05) is 13.8 Å². The van der Waals surface area contributed by atoms with Gasteiger partial charge in [0.1, 0.15) is 5.00 Å². The van der Waals surface area contributed by atoms with Crippen molar-refractivity contribution in [2.75, 3.05) is 11.9 Å². The van der Waals surface area contributed by atoms with Crippen LogP contribution < -0.4 is 5.32 Å². The van der Waals surface area contributed by atoms with Gasteiger partial charge in [-0.05, 0) is 82.1 Å². The summed E-state index contributed by atoms with van der Waals surface area (Å²) < 4.78 is 5.20. The van der Waals surface area contributed by atoms with Crippen molar-refractivity contribution in [2.45, 2.75) is 52.9 Å². The number of thiophene rings is 1. The molecule has 4 bridgehead atoms. The van der Waals surface area contributed by atoms with Crippen LogP contribution in [0.15, 0.2) is 0 Å². The number of hydrogen-bond acceptors (Lipinski definition) is 4. The molecule has 1 aromatic heterocycles. The molecule has 4 nitrogen and oxygen atoms in total. The molecule has 1 amide bonds. The Balaban J connectivity index is 1.55. The number of amides is 1. The van der Waals surface area contributed by atoms with Crippen LogP contribution in [0.2, 0.25) is 0 Å². The first kappa shape index (κ1) is 17.1. The zero-order valence-corrected chi connectivity index (χ0v) is 16.1. The zero-order chi connectivity index (χ0) is 17.7. The summed E-state index contributed by atoms with van der Waals surface area (Å²) in [6.07, 6.45) is 6.27. The molecule has 4 aliphatic carbocycles. The second kappa shape index (κ2) is 6.42. The molecule has 5 rings (SSSR count). The van der Waals surface area contributed by atoms with Crippen molar-refractivity contribution >= 4 is 28.2 Å². The molecule has 4 saturated carbocycles. The van der Waals surface area contributed by atoms with E-state index in [0.717, 1.165) is 22.3 Å². The number of anilines is 1. The van der Waals surface area contributed by atoms with Gasteiger partial charge in [0.05, 0.1) is 12.2 Å². The number of rotatable bonds is 4. The van der Waals surface area contributed by atoms with Crippen molar-refractivity contribution in [2.24, 2.45) is 29.6 Å². The molecular formula is C20H27NO3S. The predicted molar refractivity (Wildman–Crippen MR) is 98.9 cm³/mol. The molecule has 136 valence electrons. The summed E-state index contributed by atoms with van der Waals surface area (Å²) in [5.41, 5.74) is 1.46. The van der Waals surface area contributed by atoms with Gasteiger partial charge in [-0.2, -0.15) is 0 Å². The van der Waals surface area contributed by atoms with Crippen molar-refractivity contribution in [3.05, 3.63) is 16.0 Å². The minimum absolute atomic E-state index is 0.126. The standard InChI is InChI=1S/C20H27NO3S/c1-4-24-20(23)16-10(2)11(3)25-19(16)21-18(22)17-14-6-12-5-13(8-14)9-15(17)7-12/h12-15,17H,4-9H2,1-3H3,(H,21,22). The average molecular weight is 362 g/mol. The Morgan fingerprint density at radius 3 is 2.24 bits per heavy atom. The molecule has 0 aliphatic heterocycles. The monoisotopic (exact) mass is 361 g/mol. The third-order valence-electron chi connectivity index (χ3n) is 6.63. The van der Waals surface area contributed by atoms with E-state index in [9.17, 15) is 9.59 Å². The number of hydrogen-bond donors (Lipinski definition) is 1. The molecule has 1 N–H and O–H groups in total. The molecule has 1 aromatic rings. The van der Waals surface area contributed by atoms with Gasteiger partial charge in [-0.3, -0.25) is 4.79 Å². The summed E-state index contributed by atoms with van der Waals surface area (Å²) >= 11 is 1.49. The van der Waals surface area contributed by atoms with Gasteiger partial charge in [-0.15, -0.1) is 11.3 Å². The fourth-order valence-electron chi connectivity index (χ4n) is 5.71. The Kier molecular flexibility index (Phi) is 4.38. The van der Waals surface area contributed by atoms with E-state index in [-0.39, 0.29) is 17.8 Å². The number of carbonyl (C=O) groups excluding carboxylic acids is 2. The SMILES string of the molecule is CCOC(=O)c1c(NC(=O)C2C3CC4CC(C3)CC2C4)sc(C)c1C. The molecule has 5 heteroatoms. The molecule has 4 aliphatic rings. The first-order chi connectivity index (χ1) is 12.0. The van der Waals surface area contributed by atoms with Crippen LogP contribution in [-0.4, -0.2) is 18.5 Å². The maximum absolute atomic E-state index is 13.1. The van der Waals surface area contributed by atoms with Crippen LogP contribution in [0, 0.1) is 43.4 Å². The molecule has 0 atom stereocenters. The number of nitrogens with one attached hydrogen (secondary N) is 1. The molecule has 0 aromatic carbocycles. The van der Waals surface area contributed by atoms with E-state index in [2.05, 4.69) is 5.32 Å². The third kappa shape index (κ3) is 2.90. The Morgan fingerprint density at radius 2 is 1.68 bits per heavy atom. The van der Waals surface area contributed by atoms with Crippen LogP contribution in [0.3, 0.4) is 0 Å². The number of esters is 1. The molecule has 1 heterocycles. The van der Waals surface area contributed by atoms with Crippen molar-refractivity contribution in [3.63, 3.8) is 0 Å². The second-order valence-corrected chi connectivity index (χ2v) is 9.38. The summed E-state index contributed by atoms with van der Waals surface area (Å²) in [4.78, 5) is 26.5. The van der Waals surface area contributed by atoms with Crippen LogP contribution in [0.25, 0.3) is 0 Å². The van der Waals surface area contributed by atoms with Gasteiger partial charge in [0, 0.05) is 10.8 Å². The van der Waals surface area contributed by atoms with Crippen molar-refractivity contribution in [1.82, 2.24) is 0 Å². The normalized spacial score (nSPS) is 32.7. The Hall–Kier alpha value is -1.36. The molecule has 0 saturated heterocycles. The fourth-order valence-corrected chi connectivity index (χ4v) is 6.76. The maximum Gasteiger partial charge on any atom is 0.341 e. The molecule has 25 heavy (non-hydrogen) atoms. The lowest BCUT2D eigenvalue weighted by atomic mass is 9.51. The fraction of sp³-hybridized carbons (Fsp3) is 0.700. The number of carbonyl (C=O) groups is 2. The maximum atomic E-state index is 13.1. The van der Waals surface area contributed by atoms with Crippen LogP contribution >= 0.6 is 11.3 Å². The third-order valence-corrected chi connectivity index (χ3v) is 7.75. The van der Waals surface area contributed by atoms with Gasteiger partial charge in [0.15, 0.2) is 0 Å². The van der Waals surface area contributed by atoms with E-state index in [4.69, 9.17) is 4.74 Å². The highest BCUT2D eigenvalue weighted by Gasteiger charge is 2.50. The van der Waals surface area contributed by atoms with Gasteiger partial charge in [-0.1, -0.05) is 0 Å². The lowest BCUT2D eigenvalue weighted by Gasteiger charge is -2.53. The van der Waals surface area contributed by atoms with E-state index < -0.39 is 0 Å². The Bertz CT molecular complexity index is 680. The summed E-state index contributed by atoms with van der Waals surface area (Å²) in [5, 5.41) is 3.79. The Labute approximate surface area is 153 Å². The van der Waals surface area contributed by atoms with Gasteiger partial charge in [0.2, 0.25) is 5.91 Å². The number of aryl methyl sites for hydroxylation is 1. The van der Waals surface area contributed by atoms with Crippen molar-refractivity contribution in [3.8, 4) is 0 Å². The minimum atomic E-state index is -0.329. The lowest BCUT2D eigenvalue weighted by Crippen LogP contribution is -2.49. The van der Waals surface area contributed by atoms with Crippen molar-refractivity contribution in [1.29, 1.82) is 0 Å². The van der Waals surface area contributed by atoms with Crippen LogP contribution in [-0.2, 0) is 9.53 Å². The first-order valence-electron chi connectivity index (χ1n) is 9.55. The Morgan fingerprint density at radius 1 is 1.08 bits per heavy atom. The second-order valence-electron chi connectivity index (χ2n) is 8.15. The summed E-state index contributed by atoms with van der Waals surface area (Å²) in [5.74, 6) is 2.73. The smallest absolute Gasteiger partial charge is 0.341 e. The van der Waals surface area contributed by atoms with Gasteiger partial charge in [-0.25, -0.2) is 4.79 Å². The zero-order valence-electron chi connectivity index (χ0n) is 15.3. The van der Waals surface area contributed by atoms with E-state index >= 15 is 0 Å². The van der Waals surface area contributed by atoms with E-state index in [1.54, 1.807) is 6.92 Å². The highest BCUT2D eigenvalue weighted by Crippen LogP contribution is 2.56. The van der Waals surface area contributed by atoms with Gasteiger partial charge in [0.25, 0.3) is 0 Å². The van der Waals surface area contributed by atoms with E-state index in [1.165, 1.54) is 43.4 Å².